The van der Waals surface area contributed by atoms with Crippen LogP contribution >= 0.6 is 0 Å². The Morgan fingerprint density at radius 3 is 2.08 bits per heavy atom. The van der Waals surface area contributed by atoms with Crippen molar-refractivity contribution in [1.82, 2.24) is 14.4 Å². The van der Waals surface area contributed by atoms with Crippen molar-refractivity contribution in [2.24, 2.45) is 4.99 Å². The molecule has 1 aliphatic rings. The Balaban J connectivity index is 1.54. The lowest BCUT2D eigenvalue weighted by Crippen LogP contribution is -2.50. The highest BCUT2D eigenvalue weighted by atomic mass is 15.3. The van der Waals surface area contributed by atoms with Crippen molar-refractivity contribution in [2.45, 2.75) is 19.9 Å². The van der Waals surface area contributed by atoms with E-state index in [0.717, 1.165) is 60.4 Å². The highest BCUT2D eigenvalue weighted by Crippen LogP contribution is 2.16. The third-order valence-corrected chi connectivity index (χ3v) is 7.15. The molecule has 0 aliphatic carbocycles. The van der Waals surface area contributed by atoms with Crippen LogP contribution in [-0.4, -0.2) is 52.9 Å². The average molecular weight is 491 g/mol. The van der Waals surface area contributed by atoms with Crippen LogP contribution < -0.4 is 10.7 Å². The smallest absolute Gasteiger partial charge is 0.101 e. The molecule has 2 heterocycles. The maximum Gasteiger partial charge on any atom is 0.101 e. The second-order valence-electron chi connectivity index (χ2n) is 9.68. The first-order valence-electron chi connectivity index (χ1n) is 12.9. The number of hydrogen-bond donors (Lipinski definition) is 0. The molecule has 0 N–H and O–H groups in total. The lowest BCUT2D eigenvalue weighted by Gasteiger charge is -2.37. The summed E-state index contributed by atoms with van der Waals surface area (Å²) in [7, 11) is 0. The van der Waals surface area contributed by atoms with Gasteiger partial charge in [0.1, 0.15) is 5.84 Å². The molecule has 3 aromatic rings. The number of piperazine rings is 1. The summed E-state index contributed by atoms with van der Waals surface area (Å²) in [5, 5.41) is 4.38. The predicted octanol–water partition coefficient (Wildman–Crippen LogP) is 5.40. The summed E-state index contributed by atoms with van der Waals surface area (Å²) in [5.74, 6) is 1.03. The molecular formula is C33H38N4. The Kier molecular flexibility index (Phi) is 8.42. The fourth-order valence-corrected chi connectivity index (χ4v) is 4.92. The van der Waals surface area contributed by atoms with Crippen LogP contribution in [0.25, 0.3) is 30.0 Å². The molecule has 1 unspecified atom stereocenters. The Morgan fingerprint density at radius 2 is 1.51 bits per heavy atom. The molecule has 1 fully saturated rings. The summed E-state index contributed by atoms with van der Waals surface area (Å²) in [6.07, 6.45) is 8.19. The molecule has 0 amide bonds. The largest absolute Gasteiger partial charge is 0.358 e. The molecule has 1 atom stereocenters. The third kappa shape index (κ3) is 6.10. The minimum Gasteiger partial charge on any atom is -0.358 e. The number of hydrogen-bond acceptors (Lipinski definition) is 2. The number of aromatic nitrogens is 1. The highest BCUT2D eigenvalue weighted by molar-refractivity contribution is 5.83. The first-order chi connectivity index (χ1) is 17.9. The van der Waals surface area contributed by atoms with E-state index in [4.69, 9.17) is 0 Å². The molecule has 1 aromatic heterocycles. The fourth-order valence-electron chi connectivity index (χ4n) is 4.92. The number of nitrogens with zero attached hydrogens (tertiary/aromatic N) is 4. The van der Waals surface area contributed by atoms with Crippen molar-refractivity contribution in [2.75, 3.05) is 32.7 Å². The van der Waals surface area contributed by atoms with Gasteiger partial charge < -0.3 is 9.47 Å². The summed E-state index contributed by atoms with van der Waals surface area (Å²) >= 11 is 0. The average Bonchev–Trinajstić information content (AvgIpc) is 3.17. The van der Waals surface area contributed by atoms with Crippen LogP contribution in [0.5, 0.6) is 0 Å². The van der Waals surface area contributed by atoms with E-state index in [1.807, 2.05) is 19.2 Å². The first-order valence-corrected chi connectivity index (χ1v) is 12.9. The zero-order valence-corrected chi connectivity index (χ0v) is 22.2. The number of rotatable bonds is 8. The minimum atomic E-state index is 0.127. The number of amidine groups is 1. The quantitative estimate of drug-likeness (QED) is 0.240. The van der Waals surface area contributed by atoms with E-state index in [2.05, 4.69) is 113 Å². The molecule has 0 radical (unpaired) electrons. The molecule has 0 bridgehead atoms. The second-order valence-corrected chi connectivity index (χ2v) is 9.68. The Bertz CT molecular complexity index is 1400. The zero-order chi connectivity index (χ0) is 26.4. The van der Waals surface area contributed by atoms with Gasteiger partial charge in [-0.25, -0.2) is 4.99 Å². The number of benzene rings is 2. The number of aliphatic imine (C=N–C) groups is 1. The summed E-state index contributed by atoms with van der Waals surface area (Å²) < 4.78 is 2.31. The summed E-state index contributed by atoms with van der Waals surface area (Å²) in [4.78, 5) is 9.57. The van der Waals surface area contributed by atoms with Gasteiger partial charge in [-0.3, -0.25) is 4.90 Å². The molecule has 2 aromatic carbocycles. The fraction of sp³-hybridized carbons (Fsp3) is 0.242. The number of allylic oxidation sites excluding steroid dienone is 3. The van der Waals surface area contributed by atoms with Crippen molar-refractivity contribution in [3.8, 4) is 0 Å². The van der Waals surface area contributed by atoms with E-state index in [1.165, 1.54) is 16.3 Å². The molecule has 4 nitrogen and oxygen atoms in total. The Labute approximate surface area is 221 Å². The van der Waals surface area contributed by atoms with Gasteiger partial charge in [0.05, 0.1) is 6.04 Å². The topological polar surface area (TPSA) is 23.8 Å². The van der Waals surface area contributed by atoms with Crippen molar-refractivity contribution in [1.29, 1.82) is 0 Å². The van der Waals surface area contributed by atoms with Gasteiger partial charge in [-0.15, -0.1) is 0 Å². The van der Waals surface area contributed by atoms with E-state index in [9.17, 15) is 0 Å². The molecule has 1 saturated heterocycles. The maximum absolute atomic E-state index is 4.68. The first kappa shape index (κ1) is 26.2. The molecule has 0 saturated carbocycles. The van der Waals surface area contributed by atoms with Gasteiger partial charge in [0.2, 0.25) is 0 Å². The van der Waals surface area contributed by atoms with Crippen LogP contribution in [0, 0.1) is 0 Å². The van der Waals surface area contributed by atoms with E-state index < -0.39 is 0 Å². The van der Waals surface area contributed by atoms with Gasteiger partial charge in [0.15, 0.2) is 0 Å². The van der Waals surface area contributed by atoms with E-state index in [1.54, 1.807) is 6.08 Å². The third-order valence-electron chi connectivity index (χ3n) is 7.15. The monoisotopic (exact) mass is 490 g/mol. The van der Waals surface area contributed by atoms with Gasteiger partial charge in [0, 0.05) is 60.4 Å². The SMILES string of the molecule is C=C/C(=C\N=C(/C)N1CCN(CC(/C=C/c2ccccc2)n2c(=C)c3ccccc3c2=C)CC1)C(=C)C. The zero-order valence-electron chi connectivity index (χ0n) is 22.2. The minimum absolute atomic E-state index is 0.127. The van der Waals surface area contributed by atoms with E-state index in [-0.39, 0.29) is 6.04 Å². The number of fused-ring (bicyclic) bond motifs is 1. The molecular weight excluding hydrogens is 452 g/mol. The van der Waals surface area contributed by atoms with Crippen LogP contribution in [-0.2, 0) is 0 Å². The molecule has 1 aliphatic heterocycles. The summed E-state index contributed by atoms with van der Waals surface area (Å²) in [6, 6.07) is 19.0. The predicted molar refractivity (Wildman–Crippen MR) is 161 cm³/mol. The van der Waals surface area contributed by atoms with Gasteiger partial charge >= 0.3 is 0 Å². The molecule has 4 rings (SSSR count). The maximum atomic E-state index is 4.68. The molecule has 190 valence electrons. The van der Waals surface area contributed by atoms with Crippen molar-refractivity contribution < 1.29 is 0 Å². The Morgan fingerprint density at radius 1 is 0.919 bits per heavy atom. The Hall–Kier alpha value is -3.89. The van der Waals surface area contributed by atoms with Crippen molar-refractivity contribution in [3.05, 3.63) is 114 Å². The second kappa shape index (κ2) is 11.9. The van der Waals surface area contributed by atoms with Crippen molar-refractivity contribution >= 4 is 35.8 Å². The van der Waals surface area contributed by atoms with Crippen molar-refractivity contribution in [3.63, 3.8) is 0 Å². The van der Waals surface area contributed by atoms with Crippen LogP contribution in [0.3, 0.4) is 0 Å². The van der Waals surface area contributed by atoms with Gasteiger partial charge in [0.25, 0.3) is 0 Å². The van der Waals surface area contributed by atoms with Gasteiger partial charge in [-0.1, -0.05) is 99.1 Å². The van der Waals surface area contributed by atoms with Crippen LogP contribution in [0.4, 0.5) is 0 Å². The lowest BCUT2D eigenvalue weighted by molar-refractivity contribution is 0.168. The molecule has 0 spiro atoms. The lowest BCUT2D eigenvalue weighted by atomic mass is 10.1. The highest BCUT2D eigenvalue weighted by Gasteiger charge is 2.22. The van der Waals surface area contributed by atoms with Crippen LogP contribution in [0.1, 0.15) is 25.5 Å². The van der Waals surface area contributed by atoms with Gasteiger partial charge in [-0.05, 0) is 30.6 Å². The van der Waals surface area contributed by atoms with E-state index in [0.29, 0.717) is 0 Å². The molecule has 4 heteroatoms. The van der Waals surface area contributed by atoms with Crippen LogP contribution in [0.15, 0.2) is 102 Å². The van der Waals surface area contributed by atoms with Gasteiger partial charge in [-0.2, -0.15) is 0 Å². The summed E-state index contributed by atoms with van der Waals surface area (Å²) in [5.41, 5.74) is 3.13. The van der Waals surface area contributed by atoms with Crippen LogP contribution in [0.2, 0.25) is 0 Å². The van der Waals surface area contributed by atoms with E-state index >= 15 is 0 Å². The summed E-state index contributed by atoms with van der Waals surface area (Å²) in [6.45, 7) is 25.5. The molecule has 37 heavy (non-hydrogen) atoms. The normalized spacial score (nSPS) is 16.4. The standard InChI is InChI=1S/C33H38N4/c1-7-30(25(2)3)23-34-28(6)36-21-19-35(20-22-36)24-31(18-17-29-13-9-8-10-14-29)37-26(4)32-15-11-12-16-33(32)27(37)5/h7-18,23,31H,1-2,4-5,19-22,24H2,3,6H3/b18-17+,30-23+,34-28+.